The molecule has 0 spiro atoms. The summed E-state index contributed by atoms with van der Waals surface area (Å²) in [5.74, 6) is 0.612. The predicted molar refractivity (Wildman–Crippen MR) is 84.5 cm³/mol. The Morgan fingerprint density at radius 3 is 2.86 bits per heavy atom. The molecule has 6 heteroatoms. The molecule has 2 N–H and O–H groups in total. The summed E-state index contributed by atoms with van der Waals surface area (Å²) in [7, 11) is 0. The summed E-state index contributed by atoms with van der Waals surface area (Å²) in [5, 5.41) is 1.04. The number of nitrogens with two attached hydrogens (primary N) is 1. The Bertz CT molecular complexity index is 835. The average Bonchev–Trinajstić information content (AvgIpc) is 2.46. The van der Waals surface area contributed by atoms with E-state index in [2.05, 4.69) is 15.0 Å². The first-order valence-electron chi connectivity index (χ1n) is 6.30. The molecule has 104 valence electrons. The van der Waals surface area contributed by atoms with Gasteiger partial charge in [-0.05, 0) is 31.2 Å². The highest BCUT2D eigenvalue weighted by Crippen LogP contribution is 2.22. The van der Waals surface area contributed by atoms with Crippen molar-refractivity contribution in [1.82, 2.24) is 15.0 Å². The zero-order chi connectivity index (χ0) is 14.8. The van der Waals surface area contributed by atoms with Crippen molar-refractivity contribution in [2.75, 3.05) is 0 Å². The van der Waals surface area contributed by atoms with Crippen molar-refractivity contribution in [1.29, 1.82) is 0 Å². The van der Waals surface area contributed by atoms with Crippen molar-refractivity contribution < 1.29 is 4.74 Å². The summed E-state index contributed by atoms with van der Waals surface area (Å²) in [4.78, 5) is 12.9. The molecule has 21 heavy (non-hydrogen) atoms. The monoisotopic (exact) mass is 296 g/mol. The summed E-state index contributed by atoms with van der Waals surface area (Å²) in [6.45, 7) is 1.83. The zero-order valence-electron chi connectivity index (χ0n) is 11.3. The van der Waals surface area contributed by atoms with Gasteiger partial charge in [0.15, 0.2) is 0 Å². The van der Waals surface area contributed by atoms with Crippen LogP contribution in [0.4, 0.5) is 0 Å². The molecule has 3 aromatic rings. The Balaban J connectivity index is 1.96. The van der Waals surface area contributed by atoms with Crippen molar-refractivity contribution in [3.05, 3.63) is 54.0 Å². The van der Waals surface area contributed by atoms with Gasteiger partial charge in [-0.1, -0.05) is 18.3 Å². The van der Waals surface area contributed by atoms with Crippen LogP contribution in [0.1, 0.15) is 11.4 Å². The first kappa shape index (κ1) is 13.4. The second-order valence-corrected chi connectivity index (χ2v) is 4.94. The summed E-state index contributed by atoms with van der Waals surface area (Å²) >= 11 is 4.93. The number of hydrogen-bond acceptors (Lipinski definition) is 5. The number of ether oxygens (including phenoxy) is 1. The molecule has 0 aliphatic rings. The zero-order valence-corrected chi connectivity index (χ0v) is 12.1. The van der Waals surface area contributed by atoms with Crippen LogP contribution in [0.2, 0.25) is 0 Å². The predicted octanol–water partition coefficient (Wildman–Crippen LogP) is 2.76. The molecule has 2 heterocycles. The fraction of sp³-hybridized carbons (Fsp3) is 0.0667. The number of nitrogens with zero attached hydrogens (tertiary/aromatic N) is 3. The van der Waals surface area contributed by atoms with E-state index in [1.54, 1.807) is 12.3 Å². The summed E-state index contributed by atoms with van der Waals surface area (Å²) in [5.41, 5.74) is 7.67. The lowest BCUT2D eigenvalue weighted by Gasteiger charge is -2.07. The van der Waals surface area contributed by atoms with Crippen LogP contribution in [0.25, 0.3) is 10.9 Å². The lowest BCUT2D eigenvalue weighted by molar-refractivity contribution is 0.440. The second-order valence-electron chi connectivity index (χ2n) is 4.50. The van der Waals surface area contributed by atoms with Crippen LogP contribution >= 0.6 is 12.2 Å². The Morgan fingerprint density at radius 2 is 2.05 bits per heavy atom. The van der Waals surface area contributed by atoms with Gasteiger partial charge < -0.3 is 10.5 Å². The molecule has 0 saturated carbocycles. The van der Waals surface area contributed by atoms with E-state index in [4.69, 9.17) is 22.7 Å². The SMILES string of the molecule is Cc1cc(C(N)=S)nc(Oc2ccc3cccnc3c2)n1. The molecule has 0 aliphatic carbocycles. The largest absolute Gasteiger partial charge is 0.424 e. The summed E-state index contributed by atoms with van der Waals surface area (Å²) in [6, 6.07) is 11.4. The van der Waals surface area contributed by atoms with Gasteiger partial charge in [-0.25, -0.2) is 4.98 Å². The van der Waals surface area contributed by atoms with Crippen LogP contribution < -0.4 is 10.5 Å². The van der Waals surface area contributed by atoms with Crippen molar-refractivity contribution in [2.24, 2.45) is 5.73 Å². The summed E-state index contributed by atoms with van der Waals surface area (Å²) < 4.78 is 5.68. The van der Waals surface area contributed by atoms with Crippen molar-refractivity contribution in [3.8, 4) is 11.8 Å². The molecule has 2 aromatic heterocycles. The van der Waals surface area contributed by atoms with Gasteiger partial charge in [0.2, 0.25) is 0 Å². The fourth-order valence-electron chi connectivity index (χ4n) is 1.93. The van der Waals surface area contributed by atoms with E-state index in [-0.39, 0.29) is 11.0 Å². The molecule has 0 fully saturated rings. The Labute approximate surface area is 126 Å². The first-order valence-corrected chi connectivity index (χ1v) is 6.71. The third kappa shape index (κ3) is 2.95. The lowest BCUT2D eigenvalue weighted by Crippen LogP contribution is -2.13. The Morgan fingerprint density at radius 1 is 1.19 bits per heavy atom. The van der Waals surface area contributed by atoms with Gasteiger partial charge in [0, 0.05) is 23.3 Å². The quantitative estimate of drug-likeness (QED) is 0.749. The van der Waals surface area contributed by atoms with E-state index in [9.17, 15) is 0 Å². The molecular weight excluding hydrogens is 284 g/mol. The number of benzene rings is 1. The maximum absolute atomic E-state index is 5.68. The van der Waals surface area contributed by atoms with E-state index in [0.717, 1.165) is 16.6 Å². The van der Waals surface area contributed by atoms with Crippen molar-refractivity contribution >= 4 is 28.1 Å². The maximum atomic E-state index is 5.68. The number of aromatic nitrogens is 3. The first-order chi connectivity index (χ1) is 10.1. The van der Waals surface area contributed by atoms with Gasteiger partial charge in [0.1, 0.15) is 16.4 Å². The molecule has 0 unspecified atom stereocenters. The van der Waals surface area contributed by atoms with E-state index in [0.29, 0.717) is 11.4 Å². The van der Waals surface area contributed by atoms with Crippen LogP contribution in [0.5, 0.6) is 11.8 Å². The van der Waals surface area contributed by atoms with Crippen molar-refractivity contribution in [2.45, 2.75) is 6.92 Å². The molecule has 0 saturated heterocycles. The normalized spacial score (nSPS) is 10.5. The summed E-state index contributed by atoms with van der Waals surface area (Å²) in [6.07, 6.45) is 1.74. The highest BCUT2D eigenvalue weighted by atomic mass is 32.1. The highest BCUT2D eigenvalue weighted by Gasteiger charge is 2.07. The van der Waals surface area contributed by atoms with E-state index < -0.39 is 0 Å². The molecule has 0 amide bonds. The van der Waals surface area contributed by atoms with Gasteiger partial charge in [0.05, 0.1) is 5.52 Å². The van der Waals surface area contributed by atoms with Crippen LogP contribution in [0.15, 0.2) is 42.6 Å². The van der Waals surface area contributed by atoms with Gasteiger partial charge in [-0.3, -0.25) is 4.98 Å². The minimum atomic E-state index is 0.213. The van der Waals surface area contributed by atoms with Gasteiger partial charge in [-0.2, -0.15) is 4.98 Å². The second kappa shape index (κ2) is 5.41. The average molecular weight is 296 g/mol. The molecular formula is C15H12N4OS. The third-order valence-electron chi connectivity index (χ3n) is 2.87. The third-order valence-corrected chi connectivity index (χ3v) is 3.08. The molecule has 0 atom stereocenters. The fourth-order valence-corrected chi connectivity index (χ4v) is 2.03. The topological polar surface area (TPSA) is 73.9 Å². The number of thiocarbonyl (C=S) groups is 1. The highest BCUT2D eigenvalue weighted by molar-refractivity contribution is 7.80. The molecule has 1 aromatic carbocycles. The molecule has 0 aliphatic heterocycles. The van der Waals surface area contributed by atoms with Gasteiger partial charge >= 0.3 is 6.01 Å². The number of hydrogen-bond donors (Lipinski definition) is 1. The molecule has 0 radical (unpaired) electrons. The number of aryl methyl sites for hydroxylation is 1. The smallest absolute Gasteiger partial charge is 0.322 e. The number of rotatable bonds is 3. The van der Waals surface area contributed by atoms with Crippen LogP contribution in [-0.2, 0) is 0 Å². The minimum Gasteiger partial charge on any atom is -0.424 e. The van der Waals surface area contributed by atoms with E-state index in [1.165, 1.54) is 0 Å². The standard InChI is InChI=1S/C15H12N4OS/c1-9-7-13(14(16)21)19-15(18-9)20-11-5-4-10-3-2-6-17-12(10)8-11/h2-8H,1H3,(H2,16,21). The number of pyridine rings is 1. The maximum Gasteiger partial charge on any atom is 0.322 e. The molecule has 5 nitrogen and oxygen atoms in total. The minimum absolute atomic E-state index is 0.213. The van der Waals surface area contributed by atoms with Gasteiger partial charge in [-0.15, -0.1) is 0 Å². The van der Waals surface area contributed by atoms with E-state index >= 15 is 0 Å². The van der Waals surface area contributed by atoms with Crippen LogP contribution in [-0.4, -0.2) is 19.9 Å². The van der Waals surface area contributed by atoms with Gasteiger partial charge in [0.25, 0.3) is 0 Å². The lowest BCUT2D eigenvalue weighted by atomic mass is 10.2. The number of fused-ring (bicyclic) bond motifs is 1. The molecule has 0 bridgehead atoms. The van der Waals surface area contributed by atoms with Crippen molar-refractivity contribution in [3.63, 3.8) is 0 Å². The molecule has 3 rings (SSSR count). The van der Waals surface area contributed by atoms with Crippen LogP contribution in [0, 0.1) is 6.92 Å². The van der Waals surface area contributed by atoms with Crippen LogP contribution in [0.3, 0.4) is 0 Å². The van der Waals surface area contributed by atoms with E-state index in [1.807, 2.05) is 37.3 Å². The Kier molecular flexibility index (Phi) is 3.45. The Hall–Kier alpha value is -2.60.